The minimum absolute atomic E-state index is 0.285. The molecule has 1 aromatic heterocycles. The number of hydrogen-bond donors (Lipinski definition) is 2. The summed E-state index contributed by atoms with van der Waals surface area (Å²) >= 11 is 0. The van der Waals surface area contributed by atoms with Crippen LogP contribution in [0.2, 0.25) is 0 Å². The van der Waals surface area contributed by atoms with Crippen LogP contribution in [-0.4, -0.2) is 11.5 Å². The molecule has 0 aromatic carbocycles. The Labute approximate surface area is 111 Å². The molecule has 0 radical (unpaired) electrons. The molecule has 0 unspecified atom stereocenters. The highest BCUT2D eigenvalue weighted by Gasteiger charge is 2.17. The van der Waals surface area contributed by atoms with Crippen molar-refractivity contribution in [2.24, 2.45) is 5.41 Å². The Kier molecular flexibility index (Phi) is 5.45. The second kappa shape index (κ2) is 6.62. The largest absolute Gasteiger partial charge is 0.396 e. The van der Waals surface area contributed by atoms with Gasteiger partial charge in [-0.05, 0) is 30.4 Å². The smallest absolute Gasteiger partial charge is 0.149 e. The molecule has 0 atom stereocenters. The molecule has 0 fully saturated rings. The molecule has 0 saturated carbocycles. The number of aromatic nitrogens is 1. The molecule has 1 rings (SSSR count). The summed E-state index contributed by atoms with van der Waals surface area (Å²) in [5.74, 6) is 0.818. The van der Waals surface area contributed by atoms with Crippen LogP contribution in [0.3, 0.4) is 0 Å². The number of anilines is 2. The number of aryl methyl sites for hydroxylation is 1. The van der Waals surface area contributed by atoms with Gasteiger partial charge in [0.1, 0.15) is 5.82 Å². The van der Waals surface area contributed by atoms with Crippen molar-refractivity contribution in [3.63, 3.8) is 0 Å². The highest BCUT2D eigenvalue weighted by molar-refractivity contribution is 5.64. The second-order valence-corrected chi connectivity index (χ2v) is 5.87. The van der Waals surface area contributed by atoms with E-state index in [9.17, 15) is 0 Å². The van der Waals surface area contributed by atoms with Gasteiger partial charge < -0.3 is 11.1 Å². The van der Waals surface area contributed by atoms with Gasteiger partial charge in [0.05, 0.1) is 5.69 Å². The predicted octanol–water partition coefficient (Wildman–Crippen LogP) is 3.99. The van der Waals surface area contributed by atoms with Crippen LogP contribution in [0.5, 0.6) is 0 Å². The number of nitrogens with zero attached hydrogens (tertiary/aromatic N) is 1. The van der Waals surface area contributed by atoms with Gasteiger partial charge in [-0.2, -0.15) is 0 Å². The van der Waals surface area contributed by atoms with Gasteiger partial charge in [-0.15, -0.1) is 0 Å². The summed E-state index contributed by atoms with van der Waals surface area (Å²) in [6.45, 7) is 9.75. The van der Waals surface area contributed by atoms with E-state index in [0.29, 0.717) is 0 Å². The summed E-state index contributed by atoms with van der Waals surface area (Å²) in [6.07, 6.45) is 6.92. The lowest BCUT2D eigenvalue weighted by Gasteiger charge is -2.25. The first-order valence-electron chi connectivity index (χ1n) is 6.91. The van der Waals surface area contributed by atoms with Crippen LogP contribution in [0, 0.1) is 12.3 Å². The Hall–Kier alpha value is -1.25. The maximum absolute atomic E-state index is 6.01. The lowest BCUT2D eigenvalue weighted by molar-refractivity contribution is 0.342. The van der Waals surface area contributed by atoms with Gasteiger partial charge in [0, 0.05) is 12.7 Å². The normalized spacial score (nSPS) is 11.6. The standard InChI is InChI=1S/C15H27N3/c1-5-6-7-9-15(3,4)11-18-14-13(16)12(2)8-10-17-14/h8,10H,5-7,9,11,16H2,1-4H3,(H,17,18). The van der Waals surface area contributed by atoms with Crippen LogP contribution in [0.15, 0.2) is 12.3 Å². The first-order valence-corrected chi connectivity index (χ1v) is 6.91. The first kappa shape index (κ1) is 14.8. The summed E-state index contributed by atoms with van der Waals surface area (Å²) in [6, 6.07) is 1.94. The zero-order valence-corrected chi connectivity index (χ0v) is 12.2. The van der Waals surface area contributed by atoms with Crippen LogP contribution >= 0.6 is 0 Å². The molecule has 3 N–H and O–H groups in total. The number of pyridine rings is 1. The van der Waals surface area contributed by atoms with E-state index in [-0.39, 0.29) is 5.41 Å². The third-order valence-corrected chi connectivity index (χ3v) is 3.40. The summed E-state index contributed by atoms with van der Waals surface area (Å²) in [4.78, 5) is 4.30. The molecule has 18 heavy (non-hydrogen) atoms. The summed E-state index contributed by atoms with van der Waals surface area (Å²) in [7, 11) is 0. The van der Waals surface area contributed by atoms with E-state index in [1.165, 1.54) is 25.7 Å². The van der Waals surface area contributed by atoms with Gasteiger partial charge in [0.2, 0.25) is 0 Å². The number of rotatable bonds is 7. The van der Waals surface area contributed by atoms with Gasteiger partial charge in [0.25, 0.3) is 0 Å². The quantitative estimate of drug-likeness (QED) is 0.718. The molecule has 0 aliphatic carbocycles. The van der Waals surface area contributed by atoms with Crippen LogP contribution in [0.25, 0.3) is 0 Å². The Morgan fingerprint density at radius 3 is 2.72 bits per heavy atom. The van der Waals surface area contributed by atoms with Crippen LogP contribution in [0.4, 0.5) is 11.5 Å². The summed E-state index contributed by atoms with van der Waals surface area (Å²) in [5, 5.41) is 3.38. The molecule has 0 aliphatic rings. The molecular formula is C15H27N3. The Morgan fingerprint density at radius 2 is 2.06 bits per heavy atom. The van der Waals surface area contributed by atoms with E-state index in [0.717, 1.165) is 23.6 Å². The van der Waals surface area contributed by atoms with Crippen molar-refractivity contribution in [1.29, 1.82) is 0 Å². The number of nitrogen functional groups attached to an aromatic ring is 1. The van der Waals surface area contributed by atoms with Crippen molar-refractivity contribution in [2.45, 2.75) is 53.4 Å². The number of nitrogens with one attached hydrogen (secondary N) is 1. The number of unbranched alkanes of at least 4 members (excludes halogenated alkanes) is 2. The third kappa shape index (κ3) is 4.55. The SMILES string of the molecule is CCCCCC(C)(C)CNc1nccc(C)c1N. The molecule has 0 aliphatic heterocycles. The van der Waals surface area contributed by atoms with Crippen molar-refractivity contribution in [1.82, 2.24) is 4.98 Å². The second-order valence-electron chi connectivity index (χ2n) is 5.87. The summed E-state index contributed by atoms with van der Waals surface area (Å²) < 4.78 is 0. The van der Waals surface area contributed by atoms with Gasteiger partial charge in [-0.3, -0.25) is 0 Å². The maximum atomic E-state index is 6.01. The van der Waals surface area contributed by atoms with Crippen LogP contribution < -0.4 is 11.1 Å². The van der Waals surface area contributed by atoms with E-state index in [1.807, 2.05) is 13.0 Å². The summed E-state index contributed by atoms with van der Waals surface area (Å²) in [5.41, 5.74) is 8.14. The minimum Gasteiger partial charge on any atom is -0.396 e. The van der Waals surface area contributed by atoms with Crippen molar-refractivity contribution < 1.29 is 0 Å². The Morgan fingerprint density at radius 1 is 1.33 bits per heavy atom. The van der Waals surface area contributed by atoms with Gasteiger partial charge in [-0.25, -0.2) is 4.98 Å². The van der Waals surface area contributed by atoms with Crippen molar-refractivity contribution in [2.75, 3.05) is 17.6 Å². The Bertz CT molecular complexity index is 372. The van der Waals surface area contributed by atoms with Crippen LogP contribution in [-0.2, 0) is 0 Å². The van der Waals surface area contributed by atoms with Gasteiger partial charge in [0.15, 0.2) is 0 Å². The molecule has 1 aromatic rings. The number of nitrogens with two attached hydrogens (primary N) is 1. The Balaban J connectivity index is 2.50. The monoisotopic (exact) mass is 249 g/mol. The third-order valence-electron chi connectivity index (χ3n) is 3.40. The average molecular weight is 249 g/mol. The molecule has 0 amide bonds. The first-order chi connectivity index (χ1) is 8.46. The van der Waals surface area contributed by atoms with Crippen molar-refractivity contribution >= 4 is 11.5 Å². The van der Waals surface area contributed by atoms with Gasteiger partial charge in [-0.1, -0.05) is 40.0 Å². The predicted molar refractivity (Wildman–Crippen MR) is 79.8 cm³/mol. The fraction of sp³-hybridized carbons (Fsp3) is 0.667. The average Bonchev–Trinajstić information content (AvgIpc) is 2.31. The van der Waals surface area contributed by atoms with Gasteiger partial charge >= 0.3 is 0 Å². The highest BCUT2D eigenvalue weighted by Crippen LogP contribution is 2.26. The molecule has 3 nitrogen and oxygen atoms in total. The van der Waals surface area contributed by atoms with Crippen LogP contribution in [0.1, 0.15) is 52.0 Å². The zero-order chi connectivity index (χ0) is 13.6. The fourth-order valence-corrected chi connectivity index (χ4v) is 1.98. The fourth-order valence-electron chi connectivity index (χ4n) is 1.98. The van der Waals surface area contributed by atoms with E-state index < -0.39 is 0 Å². The van der Waals surface area contributed by atoms with Crippen molar-refractivity contribution in [3.05, 3.63) is 17.8 Å². The number of hydrogen-bond acceptors (Lipinski definition) is 3. The van der Waals surface area contributed by atoms with E-state index in [2.05, 4.69) is 31.1 Å². The zero-order valence-electron chi connectivity index (χ0n) is 12.2. The molecular weight excluding hydrogens is 222 g/mol. The molecule has 0 saturated heterocycles. The molecule has 0 spiro atoms. The molecule has 1 heterocycles. The molecule has 102 valence electrons. The lowest BCUT2D eigenvalue weighted by Crippen LogP contribution is -2.24. The van der Waals surface area contributed by atoms with E-state index in [4.69, 9.17) is 5.73 Å². The lowest BCUT2D eigenvalue weighted by atomic mass is 9.87. The topological polar surface area (TPSA) is 50.9 Å². The van der Waals surface area contributed by atoms with E-state index >= 15 is 0 Å². The molecule has 3 heteroatoms. The minimum atomic E-state index is 0.285. The van der Waals surface area contributed by atoms with E-state index in [1.54, 1.807) is 6.20 Å². The van der Waals surface area contributed by atoms with Crippen molar-refractivity contribution in [3.8, 4) is 0 Å². The highest BCUT2D eigenvalue weighted by atomic mass is 15.0. The molecule has 0 bridgehead atoms. The maximum Gasteiger partial charge on any atom is 0.149 e.